The van der Waals surface area contributed by atoms with Crippen molar-refractivity contribution in [3.05, 3.63) is 71.4 Å². The molecule has 0 saturated carbocycles. The second-order valence-electron chi connectivity index (χ2n) is 7.64. The van der Waals surface area contributed by atoms with Gasteiger partial charge in [0.15, 0.2) is 5.82 Å². The molecular formula is C23H25F2N3O. The SMILES string of the molecule is Cc1ccccc1-c1nn(-c2ccc(F)cc2F)cc1CN1CCC[C@@H]1CCO. The highest BCUT2D eigenvalue weighted by molar-refractivity contribution is 5.67. The van der Waals surface area contributed by atoms with E-state index in [-0.39, 0.29) is 12.3 Å². The van der Waals surface area contributed by atoms with Crippen LogP contribution in [0.2, 0.25) is 0 Å². The van der Waals surface area contributed by atoms with Crippen molar-refractivity contribution in [3.63, 3.8) is 0 Å². The Bertz CT molecular complexity index is 1000. The molecule has 1 aliphatic rings. The maximum atomic E-state index is 14.4. The number of aliphatic hydroxyl groups is 1. The van der Waals surface area contributed by atoms with Gasteiger partial charge in [-0.15, -0.1) is 0 Å². The van der Waals surface area contributed by atoms with Crippen LogP contribution in [-0.4, -0.2) is 39.0 Å². The highest BCUT2D eigenvalue weighted by Crippen LogP contribution is 2.30. The maximum absolute atomic E-state index is 14.4. The molecule has 0 radical (unpaired) electrons. The molecular weight excluding hydrogens is 372 g/mol. The molecule has 0 bridgehead atoms. The van der Waals surface area contributed by atoms with Crippen LogP contribution >= 0.6 is 0 Å². The molecule has 1 aromatic heterocycles. The van der Waals surface area contributed by atoms with Gasteiger partial charge in [-0.05, 0) is 50.4 Å². The summed E-state index contributed by atoms with van der Waals surface area (Å²) in [4.78, 5) is 2.36. The molecule has 1 fully saturated rings. The van der Waals surface area contributed by atoms with E-state index in [4.69, 9.17) is 5.10 Å². The lowest BCUT2D eigenvalue weighted by Gasteiger charge is -2.23. The van der Waals surface area contributed by atoms with Crippen molar-refractivity contribution in [2.75, 3.05) is 13.2 Å². The van der Waals surface area contributed by atoms with E-state index in [0.29, 0.717) is 12.6 Å². The van der Waals surface area contributed by atoms with Crippen molar-refractivity contribution in [1.29, 1.82) is 0 Å². The summed E-state index contributed by atoms with van der Waals surface area (Å²) in [5.74, 6) is -1.25. The van der Waals surface area contributed by atoms with Gasteiger partial charge in [0.25, 0.3) is 0 Å². The van der Waals surface area contributed by atoms with Gasteiger partial charge >= 0.3 is 0 Å². The molecule has 0 aliphatic carbocycles. The average molecular weight is 397 g/mol. The van der Waals surface area contributed by atoms with Crippen LogP contribution in [-0.2, 0) is 6.54 Å². The number of hydrogen-bond donors (Lipinski definition) is 1. The number of benzene rings is 2. The molecule has 2 aromatic carbocycles. The van der Waals surface area contributed by atoms with Crippen LogP contribution in [0.4, 0.5) is 8.78 Å². The second-order valence-corrected chi connectivity index (χ2v) is 7.64. The van der Waals surface area contributed by atoms with Crippen molar-refractivity contribution in [2.24, 2.45) is 0 Å². The molecule has 1 N–H and O–H groups in total. The Morgan fingerprint density at radius 2 is 2.00 bits per heavy atom. The molecule has 0 spiro atoms. The van der Waals surface area contributed by atoms with Gasteiger partial charge in [0.2, 0.25) is 0 Å². The summed E-state index contributed by atoms with van der Waals surface area (Å²) >= 11 is 0. The molecule has 1 atom stereocenters. The molecule has 0 unspecified atom stereocenters. The normalized spacial score (nSPS) is 17.2. The van der Waals surface area contributed by atoms with Crippen LogP contribution in [0.25, 0.3) is 16.9 Å². The first kappa shape index (κ1) is 19.7. The summed E-state index contributed by atoms with van der Waals surface area (Å²) < 4.78 is 29.2. The largest absolute Gasteiger partial charge is 0.396 e. The minimum Gasteiger partial charge on any atom is -0.396 e. The van der Waals surface area contributed by atoms with Gasteiger partial charge < -0.3 is 5.11 Å². The van der Waals surface area contributed by atoms with E-state index >= 15 is 0 Å². The Morgan fingerprint density at radius 3 is 2.76 bits per heavy atom. The number of rotatable bonds is 6. The van der Waals surface area contributed by atoms with E-state index in [1.807, 2.05) is 37.4 Å². The van der Waals surface area contributed by atoms with Gasteiger partial charge in [-0.1, -0.05) is 24.3 Å². The minimum atomic E-state index is -0.644. The number of nitrogens with zero attached hydrogens (tertiary/aromatic N) is 3. The average Bonchev–Trinajstić information content (AvgIpc) is 3.30. The molecule has 1 saturated heterocycles. The van der Waals surface area contributed by atoms with E-state index in [0.717, 1.165) is 54.3 Å². The quantitative estimate of drug-likeness (QED) is 0.667. The van der Waals surface area contributed by atoms with Gasteiger partial charge in [-0.3, -0.25) is 4.90 Å². The molecule has 29 heavy (non-hydrogen) atoms. The Hall–Kier alpha value is -2.57. The Kier molecular flexibility index (Phi) is 5.74. The zero-order valence-corrected chi connectivity index (χ0v) is 16.5. The van der Waals surface area contributed by atoms with Crippen molar-refractivity contribution < 1.29 is 13.9 Å². The van der Waals surface area contributed by atoms with Gasteiger partial charge in [0, 0.05) is 42.6 Å². The lowest BCUT2D eigenvalue weighted by Crippen LogP contribution is -2.29. The molecule has 0 amide bonds. The first-order valence-electron chi connectivity index (χ1n) is 10.0. The number of halogens is 2. The fourth-order valence-corrected chi connectivity index (χ4v) is 4.18. The fraction of sp³-hybridized carbons (Fsp3) is 0.348. The van der Waals surface area contributed by atoms with Crippen molar-refractivity contribution in [2.45, 2.75) is 38.8 Å². The summed E-state index contributed by atoms with van der Waals surface area (Å²) in [5.41, 5.74) is 4.11. The monoisotopic (exact) mass is 397 g/mol. The van der Waals surface area contributed by atoms with E-state index in [9.17, 15) is 13.9 Å². The molecule has 1 aliphatic heterocycles. The number of aryl methyl sites for hydroxylation is 1. The first-order valence-corrected chi connectivity index (χ1v) is 10.0. The van der Waals surface area contributed by atoms with Crippen LogP contribution in [0.1, 0.15) is 30.4 Å². The van der Waals surface area contributed by atoms with E-state index in [1.165, 1.54) is 16.8 Å². The number of aromatic nitrogens is 2. The van der Waals surface area contributed by atoms with E-state index < -0.39 is 11.6 Å². The summed E-state index contributed by atoms with van der Waals surface area (Å²) in [7, 11) is 0. The second kappa shape index (κ2) is 8.43. The third-order valence-corrected chi connectivity index (χ3v) is 5.68. The van der Waals surface area contributed by atoms with Crippen LogP contribution in [0, 0.1) is 18.6 Å². The first-order chi connectivity index (χ1) is 14.1. The summed E-state index contributed by atoms with van der Waals surface area (Å²) in [6.45, 7) is 3.85. The Balaban J connectivity index is 1.76. The van der Waals surface area contributed by atoms with Gasteiger partial charge in [0.1, 0.15) is 11.5 Å². The van der Waals surface area contributed by atoms with Gasteiger partial charge in [0.05, 0.1) is 5.69 Å². The van der Waals surface area contributed by atoms with Crippen molar-refractivity contribution in [1.82, 2.24) is 14.7 Å². The molecule has 4 nitrogen and oxygen atoms in total. The molecule has 152 valence electrons. The maximum Gasteiger partial charge on any atom is 0.151 e. The number of likely N-dealkylation sites (tertiary alicyclic amines) is 1. The summed E-state index contributed by atoms with van der Waals surface area (Å²) in [6.07, 6.45) is 4.76. The summed E-state index contributed by atoms with van der Waals surface area (Å²) in [6, 6.07) is 11.9. The number of hydrogen-bond acceptors (Lipinski definition) is 3. The Morgan fingerprint density at radius 1 is 1.17 bits per heavy atom. The molecule has 2 heterocycles. The number of aliphatic hydroxyl groups excluding tert-OH is 1. The highest BCUT2D eigenvalue weighted by atomic mass is 19.1. The lowest BCUT2D eigenvalue weighted by molar-refractivity contribution is 0.190. The van der Waals surface area contributed by atoms with Gasteiger partial charge in [-0.25, -0.2) is 13.5 Å². The van der Waals surface area contributed by atoms with E-state index in [1.54, 1.807) is 0 Å². The van der Waals surface area contributed by atoms with Crippen LogP contribution in [0.3, 0.4) is 0 Å². The molecule has 4 rings (SSSR count). The predicted molar refractivity (Wildman–Crippen MR) is 109 cm³/mol. The van der Waals surface area contributed by atoms with Crippen LogP contribution in [0.5, 0.6) is 0 Å². The van der Waals surface area contributed by atoms with Crippen LogP contribution in [0.15, 0.2) is 48.7 Å². The Labute approximate surface area is 169 Å². The predicted octanol–water partition coefficient (Wildman–Crippen LogP) is 4.47. The fourth-order valence-electron chi connectivity index (χ4n) is 4.18. The highest BCUT2D eigenvalue weighted by Gasteiger charge is 2.26. The molecule has 3 aromatic rings. The zero-order valence-electron chi connectivity index (χ0n) is 16.5. The summed E-state index contributed by atoms with van der Waals surface area (Å²) in [5, 5.41) is 14.1. The van der Waals surface area contributed by atoms with Crippen molar-refractivity contribution >= 4 is 0 Å². The third-order valence-electron chi connectivity index (χ3n) is 5.68. The minimum absolute atomic E-state index is 0.172. The topological polar surface area (TPSA) is 41.3 Å². The lowest BCUT2D eigenvalue weighted by atomic mass is 10.0. The zero-order chi connectivity index (χ0) is 20.4. The standard InChI is InChI=1S/C23H25F2N3O/c1-16-5-2-3-7-20(16)23-17(14-27-11-4-6-19(27)10-12-29)15-28(26-23)22-9-8-18(24)13-21(22)25/h2-3,5,7-9,13,15,19,29H,4,6,10-12,14H2,1H3/t19-/m1/s1. The smallest absolute Gasteiger partial charge is 0.151 e. The van der Waals surface area contributed by atoms with Crippen LogP contribution < -0.4 is 0 Å². The molecule has 6 heteroatoms. The van der Waals surface area contributed by atoms with Crippen molar-refractivity contribution in [3.8, 4) is 16.9 Å². The van der Waals surface area contributed by atoms with Gasteiger partial charge in [-0.2, -0.15) is 5.10 Å². The van der Waals surface area contributed by atoms with E-state index in [2.05, 4.69) is 4.90 Å². The third kappa shape index (κ3) is 4.09.